The van der Waals surface area contributed by atoms with Crippen LogP contribution in [0.25, 0.3) is 0 Å². The molecule has 0 amide bonds. The van der Waals surface area contributed by atoms with Gasteiger partial charge in [0.1, 0.15) is 0 Å². The van der Waals surface area contributed by atoms with Crippen molar-refractivity contribution in [3.8, 4) is 0 Å². The van der Waals surface area contributed by atoms with Crippen LogP contribution in [-0.2, 0) is 9.84 Å². The zero-order chi connectivity index (χ0) is 12.8. The van der Waals surface area contributed by atoms with Crippen LogP contribution in [-0.4, -0.2) is 19.7 Å². The molecule has 0 saturated heterocycles. The number of sulfone groups is 1. The van der Waals surface area contributed by atoms with E-state index >= 15 is 0 Å². The third-order valence-corrected chi connectivity index (χ3v) is 7.19. The number of nitrogens with one attached hydrogen (secondary N) is 1. The first kappa shape index (κ1) is 12.0. The Bertz CT molecular complexity index is 571. The van der Waals surface area contributed by atoms with Gasteiger partial charge in [0.05, 0.1) is 15.3 Å². The fourth-order valence-corrected chi connectivity index (χ4v) is 5.80. The maximum atomic E-state index is 13.0. The lowest BCUT2D eigenvalue weighted by Crippen LogP contribution is -2.49. The quantitative estimate of drug-likeness (QED) is 0.784. The Morgan fingerprint density at radius 2 is 1.89 bits per heavy atom. The number of anilines is 1. The zero-order valence-corrected chi connectivity index (χ0v) is 11.5. The fraction of sp³-hybridized carbons (Fsp3) is 0.571. The summed E-state index contributed by atoms with van der Waals surface area (Å²) < 4.78 is 25.4. The maximum absolute atomic E-state index is 13.0. The van der Waals surface area contributed by atoms with Gasteiger partial charge in [0.15, 0.2) is 9.84 Å². The first-order chi connectivity index (χ1) is 8.57. The molecular formula is C14H19NO2S. The van der Waals surface area contributed by atoms with Crippen LogP contribution in [0.3, 0.4) is 0 Å². The number of aryl methyl sites for hydroxylation is 1. The molecule has 98 valence electrons. The predicted molar refractivity (Wildman–Crippen MR) is 72.7 cm³/mol. The summed E-state index contributed by atoms with van der Waals surface area (Å²) in [5.41, 5.74) is 1.65. The van der Waals surface area contributed by atoms with Crippen molar-refractivity contribution in [3.63, 3.8) is 0 Å². The molecule has 0 unspecified atom stereocenters. The number of hydrogen-bond donors (Lipinski definition) is 1. The third kappa shape index (κ3) is 1.51. The lowest BCUT2D eigenvalue weighted by atomic mass is 9.88. The van der Waals surface area contributed by atoms with Crippen LogP contribution in [0.4, 0.5) is 5.69 Å². The van der Waals surface area contributed by atoms with Crippen LogP contribution in [0.15, 0.2) is 23.1 Å². The average molecular weight is 265 g/mol. The summed E-state index contributed by atoms with van der Waals surface area (Å²) in [6, 6.07) is 5.67. The van der Waals surface area contributed by atoms with Crippen molar-refractivity contribution >= 4 is 15.5 Å². The van der Waals surface area contributed by atoms with Gasteiger partial charge in [-0.15, -0.1) is 0 Å². The molecule has 1 aromatic carbocycles. The molecule has 0 radical (unpaired) electrons. The first-order valence-corrected chi connectivity index (χ1v) is 8.13. The highest BCUT2D eigenvalue weighted by Gasteiger charge is 2.49. The van der Waals surface area contributed by atoms with Crippen molar-refractivity contribution in [1.82, 2.24) is 0 Å². The molecule has 1 heterocycles. The second-order valence-corrected chi connectivity index (χ2v) is 7.83. The Kier molecular flexibility index (Phi) is 2.66. The molecule has 0 aromatic heterocycles. The molecular weight excluding hydrogens is 246 g/mol. The third-order valence-electron chi connectivity index (χ3n) is 4.42. The highest BCUT2D eigenvalue weighted by Crippen LogP contribution is 2.45. The van der Waals surface area contributed by atoms with Crippen molar-refractivity contribution in [2.75, 3.05) is 11.9 Å². The van der Waals surface area contributed by atoms with Crippen LogP contribution in [0.5, 0.6) is 0 Å². The van der Waals surface area contributed by atoms with Gasteiger partial charge in [-0.05, 0) is 31.4 Å². The minimum Gasteiger partial charge on any atom is -0.382 e. The number of fused-ring (bicyclic) bond motifs is 1. The van der Waals surface area contributed by atoms with Crippen LogP contribution in [0.1, 0.15) is 37.7 Å². The molecule has 0 atom stereocenters. The molecule has 18 heavy (non-hydrogen) atoms. The van der Waals surface area contributed by atoms with Gasteiger partial charge in [-0.1, -0.05) is 31.4 Å². The molecule has 1 aromatic rings. The highest BCUT2D eigenvalue weighted by atomic mass is 32.2. The average Bonchev–Trinajstić information content (AvgIpc) is 2.36. The van der Waals surface area contributed by atoms with Gasteiger partial charge in [0.2, 0.25) is 0 Å². The summed E-state index contributed by atoms with van der Waals surface area (Å²) in [5, 5.41) is 3.34. The van der Waals surface area contributed by atoms with E-state index in [-0.39, 0.29) is 0 Å². The van der Waals surface area contributed by atoms with E-state index in [1.807, 2.05) is 25.1 Å². The maximum Gasteiger partial charge on any atom is 0.188 e. The van der Waals surface area contributed by atoms with E-state index in [0.717, 1.165) is 43.4 Å². The van der Waals surface area contributed by atoms with Crippen LogP contribution < -0.4 is 5.32 Å². The smallest absolute Gasteiger partial charge is 0.188 e. The van der Waals surface area contributed by atoms with Crippen molar-refractivity contribution < 1.29 is 8.42 Å². The van der Waals surface area contributed by atoms with Crippen LogP contribution in [0, 0.1) is 6.92 Å². The Labute approximate surface area is 109 Å². The Morgan fingerprint density at radius 1 is 1.17 bits per heavy atom. The second-order valence-electron chi connectivity index (χ2n) is 5.55. The SMILES string of the molecule is Cc1cccc2c1S(=O)(=O)C1(CCCCC1)CN2. The van der Waals surface area contributed by atoms with E-state index in [9.17, 15) is 8.42 Å². The minimum atomic E-state index is -3.20. The van der Waals surface area contributed by atoms with Gasteiger partial charge in [-0.3, -0.25) is 0 Å². The van der Waals surface area contributed by atoms with Crippen molar-refractivity contribution in [2.45, 2.75) is 48.7 Å². The van der Waals surface area contributed by atoms with Gasteiger partial charge in [0.25, 0.3) is 0 Å². The van der Waals surface area contributed by atoms with E-state index in [0.29, 0.717) is 11.4 Å². The molecule has 1 fully saturated rings. The molecule has 1 aliphatic carbocycles. The summed E-state index contributed by atoms with van der Waals surface area (Å²) in [7, 11) is -3.20. The van der Waals surface area contributed by atoms with E-state index in [2.05, 4.69) is 5.32 Å². The fourth-order valence-electron chi connectivity index (χ4n) is 3.36. The monoisotopic (exact) mass is 265 g/mol. The predicted octanol–water partition coefficient (Wildman–Crippen LogP) is 2.90. The van der Waals surface area contributed by atoms with Crippen molar-refractivity contribution in [3.05, 3.63) is 23.8 Å². The number of hydrogen-bond acceptors (Lipinski definition) is 3. The second kappa shape index (κ2) is 3.98. The summed E-state index contributed by atoms with van der Waals surface area (Å²) >= 11 is 0. The molecule has 2 aliphatic rings. The molecule has 1 N–H and O–H groups in total. The first-order valence-electron chi connectivity index (χ1n) is 6.65. The zero-order valence-electron chi connectivity index (χ0n) is 10.7. The van der Waals surface area contributed by atoms with Gasteiger partial charge < -0.3 is 5.32 Å². The van der Waals surface area contributed by atoms with Crippen LogP contribution >= 0.6 is 0 Å². The summed E-state index contributed by atoms with van der Waals surface area (Å²) in [5.74, 6) is 0. The molecule has 1 spiro atoms. The van der Waals surface area contributed by atoms with E-state index in [1.54, 1.807) is 0 Å². The molecule has 3 rings (SSSR count). The standard InChI is InChI=1S/C14H19NO2S/c1-11-6-5-7-12-13(11)18(16,17)14(10-15-12)8-3-2-4-9-14/h5-7,15H,2-4,8-10H2,1H3. The van der Waals surface area contributed by atoms with Gasteiger partial charge >= 0.3 is 0 Å². The Hall–Kier alpha value is -1.03. The van der Waals surface area contributed by atoms with Crippen LogP contribution in [0.2, 0.25) is 0 Å². The Morgan fingerprint density at radius 3 is 2.61 bits per heavy atom. The Balaban J connectivity index is 2.18. The number of benzene rings is 1. The molecule has 4 heteroatoms. The minimum absolute atomic E-state index is 0.540. The molecule has 3 nitrogen and oxygen atoms in total. The van der Waals surface area contributed by atoms with Crippen molar-refractivity contribution in [1.29, 1.82) is 0 Å². The topological polar surface area (TPSA) is 46.2 Å². The molecule has 1 saturated carbocycles. The van der Waals surface area contributed by atoms with Gasteiger partial charge in [-0.2, -0.15) is 0 Å². The molecule has 1 aliphatic heterocycles. The van der Waals surface area contributed by atoms with E-state index in [4.69, 9.17) is 0 Å². The number of rotatable bonds is 0. The lowest BCUT2D eigenvalue weighted by molar-refractivity contribution is 0.380. The normalized spacial score (nSPS) is 24.3. The lowest BCUT2D eigenvalue weighted by Gasteiger charge is -2.41. The van der Waals surface area contributed by atoms with E-state index < -0.39 is 14.6 Å². The summed E-state index contributed by atoms with van der Waals surface area (Å²) in [6.45, 7) is 2.46. The molecule has 0 bridgehead atoms. The van der Waals surface area contributed by atoms with Gasteiger partial charge in [-0.25, -0.2) is 8.42 Å². The summed E-state index contributed by atoms with van der Waals surface area (Å²) in [6.07, 6.45) is 4.83. The van der Waals surface area contributed by atoms with Crippen molar-refractivity contribution in [2.24, 2.45) is 0 Å². The largest absolute Gasteiger partial charge is 0.382 e. The highest BCUT2D eigenvalue weighted by molar-refractivity contribution is 7.93. The summed E-state index contributed by atoms with van der Waals surface area (Å²) in [4.78, 5) is 0.540. The van der Waals surface area contributed by atoms with Gasteiger partial charge in [0, 0.05) is 6.54 Å². The van der Waals surface area contributed by atoms with E-state index in [1.165, 1.54) is 0 Å².